The zero-order valence-electron chi connectivity index (χ0n) is 11.8. The Morgan fingerprint density at radius 2 is 1.75 bits per heavy atom. The molecular formula is C12H20N2O4S2. The monoisotopic (exact) mass is 320 g/mol. The van der Waals surface area contributed by atoms with Crippen LogP contribution < -0.4 is 5.73 Å². The molecule has 0 radical (unpaired) electrons. The minimum atomic E-state index is -3.78. The van der Waals surface area contributed by atoms with E-state index >= 15 is 0 Å². The average Bonchev–Trinajstić information content (AvgIpc) is 2.34. The molecule has 0 saturated carbocycles. The number of anilines is 1. The number of benzene rings is 1. The van der Waals surface area contributed by atoms with E-state index < -0.39 is 19.9 Å². The number of sulfonamides is 1. The van der Waals surface area contributed by atoms with Gasteiger partial charge in [-0.2, -0.15) is 4.31 Å². The van der Waals surface area contributed by atoms with Crippen molar-refractivity contribution in [2.75, 3.05) is 25.1 Å². The second kappa shape index (κ2) is 6.11. The Hall–Kier alpha value is -1.12. The molecule has 2 N–H and O–H groups in total. The van der Waals surface area contributed by atoms with Crippen LogP contribution in [0, 0.1) is 0 Å². The van der Waals surface area contributed by atoms with Crippen molar-refractivity contribution >= 4 is 25.5 Å². The number of rotatable bonds is 6. The second-order valence-electron chi connectivity index (χ2n) is 4.47. The van der Waals surface area contributed by atoms with Crippen molar-refractivity contribution in [2.45, 2.75) is 30.1 Å². The Morgan fingerprint density at radius 3 is 2.20 bits per heavy atom. The molecule has 0 aromatic heterocycles. The predicted octanol–water partition coefficient (Wildman–Crippen LogP) is 1.09. The lowest BCUT2D eigenvalue weighted by Gasteiger charge is -2.21. The Kier molecular flexibility index (Phi) is 5.17. The molecule has 0 heterocycles. The molecule has 0 spiro atoms. The number of nitrogen functional groups attached to an aromatic ring is 1. The van der Waals surface area contributed by atoms with Crippen molar-refractivity contribution in [3.05, 3.63) is 18.2 Å². The van der Waals surface area contributed by atoms with Gasteiger partial charge in [-0.05, 0) is 24.6 Å². The van der Waals surface area contributed by atoms with Gasteiger partial charge >= 0.3 is 0 Å². The molecule has 0 aliphatic heterocycles. The molecule has 0 saturated heterocycles. The van der Waals surface area contributed by atoms with E-state index in [9.17, 15) is 16.8 Å². The summed E-state index contributed by atoms with van der Waals surface area (Å²) in [5.41, 5.74) is 5.75. The summed E-state index contributed by atoms with van der Waals surface area (Å²) in [5, 5.41) is 0. The van der Waals surface area contributed by atoms with Crippen molar-refractivity contribution in [2.24, 2.45) is 0 Å². The molecule has 0 unspecified atom stereocenters. The fourth-order valence-corrected chi connectivity index (χ4v) is 4.21. The van der Waals surface area contributed by atoms with Gasteiger partial charge in [-0.25, -0.2) is 16.8 Å². The highest BCUT2D eigenvalue weighted by Gasteiger charge is 2.26. The van der Waals surface area contributed by atoms with Gasteiger partial charge in [-0.3, -0.25) is 0 Å². The van der Waals surface area contributed by atoms with Crippen LogP contribution in [0.2, 0.25) is 0 Å². The van der Waals surface area contributed by atoms with Crippen molar-refractivity contribution in [1.82, 2.24) is 4.31 Å². The van der Waals surface area contributed by atoms with Gasteiger partial charge in [0.2, 0.25) is 10.0 Å². The van der Waals surface area contributed by atoms with Gasteiger partial charge in [0.25, 0.3) is 0 Å². The molecule has 0 atom stereocenters. The largest absolute Gasteiger partial charge is 0.398 e. The van der Waals surface area contributed by atoms with E-state index in [2.05, 4.69) is 0 Å². The van der Waals surface area contributed by atoms with E-state index in [-0.39, 0.29) is 15.5 Å². The Balaban J connectivity index is 3.45. The van der Waals surface area contributed by atoms with Gasteiger partial charge in [0.1, 0.15) is 4.90 Å². The maximum atomic E-state index is 12.5. The van der Waals surface area contributed by atoms with Crippen molar-refractivity contribution in [3.8, 4) is 0 Å². The SMILES string of the molecule is CCCN(CC)S(=O)(=O)c1cc(S(C)(=O)=O)ccc1N. The smallest absolute Gasteiger partial charge is 0.245 e. The maximum Gasteiger partial charge on any atom is 0.245 e. The van der Waals surface area contributed by atoms with Gasteiger partial charge in [0.05, 0.1) is 10.6 Å². The minimum absolute atomic E-state index is 0.0481. The van der Waals surface area contributed by atoms with Crippen LogP contribution >= 0.6 is 0 Å². The third-order valence-electron chi connectivity index (χ3n) is 2.86. The highest BCUT2D eigenvalue weighted by atomic mass is 32.2. The molecule has 0 bridgehead atoms. The molecule has 0 amide bonds. The average molecular weight is 320 g/mol. The number of nitrogens with two attached hydrogens (primary N) is 1. The van der Waals surface area contributed by atoms with Gasteiger partial charge in [0.15, 0.2) is 9.84 Å². The van der Waals surface area contributed by atoms with Crippen LogP contribution in [0.25, 0.3) is 0 Å². The summed E-state index contributed by atoms with van der Waals surface area (Å²) in [6, 6.07) is 3.74. The maximum absolute atomic E-state index is 12.5. The van der Waals surface area contributed by atoms with Crippen LogP contribution in [0.4, 0.5) is 5.69 Å². The molecular weight excluding hydrogens is 300 g/mol. The predicted molar refractivity (Wildman–Crippen MR) is 78.7 cm³/mol. The van der Waals surface area contributed by atoms with Crippen LogP contribution in [0.3, 0.4) is 0 Å². The molecule has 1 rings (SSSR count). The zero-order valence-corrected chi connectivity index (χ0v) is 13.5. The first-order valence-corrected chi connectivity index (χ1v) is 9.57. The van der Waals surface area contributed by atoms with E-state index in [0.29, 0.717) is 19.5 Å². The summed E-state index contributed by atoms with van der Waals surface area (Å²) >= 11 is 0. The lowest BCUT2D eigenvalue weighted by molar-refractivity contribution is 0.427. The quantitative estimate of drug-likeness (QED) is 0.791. The summed E-state index contributed by atoms with van der Waals surface area (Å²) in [6.07, 6.45) is 1.69. The Labute approximate surface area is 120 Å². The minimum Gasteiger partial charge on any atom is -0.398 e. The van der Waals surface area contributed by atoms with Crippen LogP contribution in [0.15, 0.2) is 28.0 Å². The molecule has 0 fully saturated rings. The zero-order chi connectivity index (χ0) is 15.6. The topological polar surface area (TPSA) is 97.5 Å². The third kappa shape index (κ3) is 3.50. The fourth-order valence-electron chi connectivity index (χ4n) is 1.81. The molecule has 20 heavy (non-hydrogen) atoms. The van der Waals surface area contributed by atoms with Crippen LogP contribution in [0.5, 0.6) is 0 Å². The standard InChI is InChI=1S/C12H20N2O4S2/c1-4-8-14(5-2)20(17,18)12-9-10(19(3,15)16)6-7-11(12)13/h6-7,9H,4-5,8,13H2,1-3H3. The first-order chi connectivity index (χ1) is 9.14. The number of sulfone groups is 1. The molecule has 1 aromatic carbocycles. The molecule has 8 heteroatoms. The van der Waals surface area contributed by atoms with Crippen LogP contribution in [-0.2, 0) is 19.9 Å². The van der Waals surface area contributed by atoms with Gasteiger partial charge < -0.3 is 5.73 Å². The Morgan fingerprint density at radius 1 is 1.15 bits per heavy atom. The number of hydrogen-bond acceptors (Lipinski definition) is 5. The number of nitrogens with zero attached hydrogens (tertiary/aromatic N) is 1. The third-order valence-corrected chi connectivity index (χ3v) is 6.00. The van der Waals surface area contributed by atoms with E-state index in [0.717, 1.165) is 12.3 Å². The van der Waals surface area contributed by atoms with E-state index in [4.69, 9.17) is 5.73 Å². The Bertz CT molecular complexity index is 681. The second-order valence-corrected chi connectivity index (χ2v) is 8.39. The van der Waals surface area contributed by atoms with E-state index in [1.165, 1.54) is 16.4 Å². The highest BCUT2D eigenvalue weighted by Crippen LogP contribution is 2.25. The summed E-state index contributed by atoms with van der Waals surface area (Å²) in [4.78, 5) is -0.214. The van der Waals surface area contributed by atoms with Crippen molar-refractivity contribution in [3.63, 3.8) is 0 Å². The molecule has 1 aromatic rings. The lowest BCUT2D eigenvalue weighted by Crippen LogP contribution is -2.32. The number of hydrogen-bond donors (Lipinski definition) is 1. The molecule has 0 aliphatic carbocycles. The molecule has 0 aliphatic rings. The van der Waals surface area contributed by atoms with Crippen molar-refractivity contribution < 1.29 is 16.8 Å². The first kappa shape index (κ1) is 16.9. The summed E-state index contributed by atoms with van der Waals surface area (Å²) in [5.74, 6) is 0. The van der Waals surface area contributed by atoms with E-state index in [1.807, 2.05) is 6.92 Å². The summed E-state index contributed by atoms with van der Waals surface area (Å²) in [7, 11) is -7.27. The first-order valence-electron chi connectivity index (χ1n) is 6.24. The molecule has 114 valence electrons. The van der Waals surface area contributed by atoms with Gasteiger partial charge in [-0.15, -0.1) is 0 Å². The normalized spacial score (nSPS) is 12.8. The fraction of sp³-hybridized carbons (Fsp3) is 0.500. The van der Waals surface area contributed by atoms with Crippen LogP contribution in [0.1, 0.15) is 20.3 Å². The van der Waals surface area contributed by atoms with Crippen LogP contribution in [-0.4, -0.2) is 40.5 Å². The van der Waals surface area contributed by atoms with E-state index in [1.54, 1.807) is 6.92 Å². The van der Waals surface area contributed by atoms with Gasteiger partial charge in [0, 0.05) is 19.3 Å². The lowest BCUT2D eigenvalue weighted by atomic mass is 10.3. The summed E-state index contributed by atoms with van der Waals surface area (Å²) in [6.45, 7) is 4.26. The summed E-state index contributed by atoms with van der Waals surface area (Å²) < 4.78 is 49.4. The molecule has 6 nitrogen and oxygen atoms in total. The van der Waals surface area contributed by atoms with Crippen molar-refractivity contribution in [1.29, 1.82) is 0 Å². The van der Waals surface area contributed by atoms with Gasteiger partial charge in [-0.1, -0.05) is 13.8 Å². The highest BCUT2D eigenvalue weighted by molar-refractivity contribution is 7.91.